The predicted octanol–water partition coefficient (Wildman–Crippen LogP) is 4.58. The number of carbonyl (C=O) groups is 4. The van der Waals surface area contributed by atoms with E-state index in [1.165, 1.54) is 0 Å². The van der Waals surface area contributed by atoms with E-state index in [1.807, 2.05) is 39.0 Å². The van der Waals surface area contributed by atoms with Crippen LogP contribution >= 0.6 is 0 Å². The Morgan fingerprint density at radius 2 is 1.74 bits per heavy atom. The molecule has 0 spiro atoms. The Morgan fingerprint density at radius 1 is 1.08 bits per heavy atom. The molecular formula is C30H48N4O5. The van der Waals surface area contributed by atoms with E-state index in [0.717, 1.165) is 49.7 Å². The van der Waals surface area contributed by atoms with Crippen LogP contribution < -0.4 is 16.4 Å². The zero-order valence-electron chi connectivity index (χ0n) is 24.6. The molecular weight excluding hydrogens is 496 g/mol. The van der Waals surface area contributed by atoms with Crippen molar-refractivity contribution in [2.45, 2.75) is 123 Å². The van der Waals surface area contributed by atoms with Gasteiger partial charge in [-0.1, -0.05) is 50.8 Å². The lowest BCUT2D eigenvalue weighted by Crippen LogP contribution is -2.54. The van der Waals surface area contributed by atoms with Crippen LogP contribution in [0.3, 0.4) is 0 Å². The summed E-state index contributed by atoms with van der Waals surface area (Å²) in [5.74, 6) is -1.27. The number of benzene rings is 1. The third-order valence-electron chi connectivity index (χ3n) is 7.06. The van der Waals surface area contributed by atoms with Crippen LogP contribution in [0.4, 0.5) is 4.79 Å². The topological polar surface area (TPSA) is 131 Å². The van der Waals surface area contributed by atoms with Crippen molar-refractivity contribution in [1.82, 2.24) is 15.5 Å². The highest BCUT2D eigenvalue weighted by Gasteiger charge is 2.37. The van der Waals surface area contributed by atoms with Crippen molar-refractivity contribution in [1.29, 1.82) is 0 Å². The summed E-state index contributed by atoms with van der Waals surface area (Å²) in [4.78, 5) is 53.9. The van der Waals surface area contributed by atoms with Crippen LogP contribution in [0, 0.1) is 13.8 Å². The first-order valence-electron chi connectivity index (χ1n) is 14.3. The van der Waals surface area contributed by atoms with E-state index in [9.17, 15) is 19.2 Å². The molecule has 39 heavy (non-hydrogen) atoms. The highest BCUT2D eigenvalue weighted by molar-refractivity contribution is 5.92. The quantitative estimate of drug-likeness (QED) is 0.354. The summed E-state index contributed by atoms with van der Waals surface area (Å²) in [5.41, 5.74) is 7.43. The zero-order valence-corrected chi connectivity index (χ0v) is 24.6. The first-order chi connectivity index (χ1) is 18.3. The van der Waals surface area contributed by atoms with Gasteiger partial charge in [0.25, 0.3) is 0 Å². The fourth-order valence-electron chi connectivity index (χ4n) is 4.82. The Hall–Kier alpha value is -3.10. The molecule has 2 unspecified atom stereocenters. The molecule has 4 amide bonds. The van der Waals surface area contributed by atoms with Crippen molar-refractivity contribution >= 4 is 23.8 Å². The molecule has 218 valence electrons. The molecule has 0 bridgehead atoms. The maximum Gasteiger partial charge on any atom is 0.408 e. The molecule has 1 aliphatic carbocycles. The minimum absolute atomic E-state index is 0.0000752. The van der Waals surface area contributed by atoms with Gasteiger partial charge in [0, 0.05) is 19.0 Å². The fourth-order valence-corrected chi connectivity index (χ4v) is 4.82. The standard InChI is InChI=1S/C30H48N4O5/c1-7-8-18-34(28(37)24(16-17-25(31)35)33-29(38)39-30(4,5)6)26(22-15-14-20(2)21(3)19-22)27(36)32-23-12-10-9-11-13-23/h14-15,19,23-24,26H,7-13,16-18H2,1-6H3,(H2,31,35)(H,32,36)(H,33,38). The minimum atomic E-state index is -1.08. The second kappa shape index (κ2) is 14.9. The Bertz CT molecular complexity index is 998. The molecule has 1 fully saturated rings. The second-order valence-electron chi connectivity index (χ2n) is 11.7. The number of hydrogen-bond acceptors (Lipinski definition) is 5. The third kappa shape index (κ3) is 10.5. The first kappa shape index (κ1) is 32.1. The van der Waals surface area contributed by atoms with Crippen LogP contribution in [0.25, 0.3) is 0 Å². The minimum Gasteiger partial charge on any atom is -0.444 e. The molecule has 0 aromatic heterocycles. The van der Waals surface area contributed by atoms with Gasteiger partial charge < -0.3 is 26.0 Å². The van der Waals surface area contributed by atoms with Gasteiger partial charge in [0.15, 0.2) is 0 Å². The van der Waals surface area contributed by atoms with Crippen molar-refractivity contribution in [3.05, 3.63) is 34.9 Å². The molecule has 0 heterocycles. The van der Waals surface area contributed by atoms with Gasteiger partial charge in [-0.05, 0) is 77.0 Å². The van der Waals surface area contributed by atoms with Crippen LogP contribution in [0.5, 0.6) is 0 Å². The van der Waals surface area contributed by atoms with Crippen molar-refractivity contribution in [3.63, 3.8) is 0 Å². The molecule has 0 saturated heterocycles. The van der Waals surface area contributed by atoms with Gasteiger partial charge in [0.2, 0.25) is 17.7 Å². The van der Waals surface area contributed by atoms with E-state index in [1.54, 1.807) is 25.7 Å². The van der Waals surface area contributed by atoms with E-state index in [4.69, 9.17) is 10.5 Å². The normalized spacial score (nSPS) is 15.6. The van der Waals surface area contributed by atoms with Crippen molar-refractivity contribution in [3.8, 4) is 0 Å². The van der Waals surface area contributed by atoms with Crippen LogP contribution in [0.15, 0.2) is 18.2 Å². The molecule has 1 aromatic rings. The molecule has 0 aliphatic heterocycles. The number of alkyl carbamates (subject to hydrolysis) is 1. The van der Waals surface area contributed by atoms with Gasteiger partial charge in [0.05, 0.1) is 0 Å². The summed E-state index contributed by atoms with van der Waals surface area (Å²) >= 11 is 0. The van der Waals surface area contributed by atoms with Crippen molar-refractivity contribution < 1.29 is 23.9 Å². The highest BCUT2D eigenvalue weighted by Crippen LogP contribution is 2.27. The average Bonchev–Trinajstić information content (AvgIpc) is 2.85. The van der Waals surface area contributed by atoms with Crippen LogP contribution in [-0.2, 0) is 19.1 Å². The molecule has 4 N–H and O–H groups in total. The molecule has 2 rings (SSSR count). The number of nitrogens with one attached hydrogen (secondary N) is 2. The van der Waals surface area contributed by atoms with Gasteiger partial charge in [0.1, 0.15) is 17.7 Å². The lowest BCUT2D eigenvalue weighted by atomic mass is 9.94. The van der Waals surface area contributed by atoms with E-state index >= 15 is 0 Å². The number of amides is 4. The monoisotopic (exact) mass is 544 g/mol. The van der Waals surface area contributed by atoms with Gasteiger partial charge in [-0.3, -0.25) is 14.4 Å². The highest BCUT2D eigenvalue weighted by atomic mass is 16.6. The first-order valence-corrected chi connectivity index (χ1v) is 14.3. The number of hydrogen-bond donors (Lipinski definition) is 3. The number of rotatable bonds is 12. The number of aryl methyl sites for hydroxylation is 2. The van der Waals surface area contributed by atoms with E-state index in [2.05, 4.69) is 10.6 Å². The molecule has 2 atom stereocenters. The Labute approximate surface area is 233 Å². The van der Waals surface area contributed by atoms with Gasteiger partial charge in [-0.2, -0.15) is 0 Å². The summed E-state index contributed by atoms with van der Waals surface area (Å²) in [6.45, 7) is 11.5. The van der Waals surface area contributed by atoms with Gasteiger partial charge in [-0.25, -0.2) is 4.79 Å². The van der Waals surface area contributed by atoms with Crippen LogP contribution in [0.2, 0.25) is 0 Å². The van der Waals surface area contributed by atoms with E-state index in [0.29, 0.717) is 18.5 Å². The number of nitrogens with two attached hydrogens (primary N) is 1. The van der Waals surface area contributed by atoms with Crippen LogP contribution in [0.1, 0.15) is 108 Å². The van der Waals surface area contributed by atoms with Crippen molar-refractivity contribution in [2.75, 3.05) is 6.54 Å². The van der Waals surface area contributed by atoms with Crippen molar-refractivity contribution in [2.24, 2.45) is 5.73 Å². The summed E-state index contributed by atoms with van der Waals surface area (Å²) in [5, 5.41) is 5.85. The molecule has 0 radical (unpaired) electrons. The maximum atomic E-state index is 14.1. The Kier molecular flexibility index (Phi) is 12.3. The zero-order chi connectivity index (χ0) is 29.2. The van der Waals surface area contributed by atoms with Gasteiger partial charge in [-0.15, -0.1) is 0 Å². The molecule has 1 aromatic carbocycles. The summed E-state index contributed by atoms with van der Waals surface area (Å²) in [6, 6.07) is 3.89. The second-order valence-corrected chi connectivity index (χ2v) is 11.7. The largest absolute Gasteiger partial charge is 0.444 e. The predicted molar refractivity (Wildman–Crippen MR) is 152 cm³/mol. The van der Waals surface area contributed by atoms with E-state index < -0.39 is 35.6 Å². The lowest BCUT2D eigenvalue weighted by molar-refractivity contribution is -0.143. The third-order valence-corrected chi connectivity index (χ3v) is 7.06. The number of carbonyl (C=O) groups excluding carboxylic acids is 4. The average molecular weight is 545 g/mol. The maximum absolute atomic E-state index is 14.1. The lowest BCUT2D eigenvalue weighted by Gasteiger charge is -2.36. The number of primary amides is 1. The van der Waals surface area contributed by atoms with E-state index in [-0.39, 0.29) is 24.8 Å². The molecule has 1 saturated carbocycles. The Morgan fingerprint density at radius 3 is 2.31 bits per heavy atom. The number of ether oxygens (including phenoxy) is 1. The SMILES string of the molecule is CCCCN(C(=O)C(CCC(N)=O)NC(=O)OC(C)(C)C)C(C(=O)NC1CCCCC1)c1ccc(C)c(C)c1. The van der Waals surface area contributed by atoms with Crippen LogP contribution in [-0.4, -0.2) is 52.9 Å². The smallest absolute Gasteiger partial charge is 0.408 e. The summed E-state index contributed by atoms with van der Waals surface area (Å²) in [7, 11) is 0. The summed E-state index contributed by atoms with van der Waals surface area (Å²) < 4.78 is 5.39. The summed E-state index contributed by atoms with van der Waals surface area (Å²) in [6.07, 6.45) is 5.71. The molecule has 9 heteroatoms. The Balaban J connectivity index is 2.49. The molecule has 9 nitrogen and oxygen atoms in total. The number of nitrogens with zero attached hydrogens (tertiary/aromatic N) is 1. The number of unbranched alkanes of at least 4 members (excludes halogenated alkanes) is 1. The fraction of sp³-hybridized carbons (Fsp3) is 0.667. The van der Waals surface area contributed by atoms with Gasteiger partial charge >= 0.3 is 6.09 Å². The molecule has 1 aliphatic rings.